The lowest BCUT2D eigenvalue weighted by molar-refractivity contribution is 0.0472. The molecule has 2 aromatic rings. The normalized spacial score (nSPS) is 18.1. The van der Waals surface area contributed by atoms with Gasteiger partial charge < -0.3 is 4.74 Å². The third-order valence-corrected chi connectivity index (χ3v) is 5.01. The average Bonchev–Trinajstić information content (AvgIpc) is 2.60. The molecule has 2 aromatic carbocycles. The number of hydrogen-bond acceptors (Lipinski definition) is 3. The number of benzene rings is 2. The lowest BCUT2D eigenvalue weighted by atomic mass is 9.99. The van der Waals surface area contributed by atoms with Crippen molar-refractivity contribution in [2.24, 2.45) is 5.92 Å². The molecule has 1 fully saturated rings. The number of ether oxygens (including phenoxy) is 1. The minimum atomic E-state index is -0.279. The molecule has 0 N–H and O–H groups in total. The van der Waals surface area contributed by atoms with E-state index in [1.54, 1.807) is 0 Å². The van der Waals surface area contributed by atoms with Gasteiger partial charge in [-0.05, 0) is 54.6 Å². The Labute approximate surface area is 158 Å². The van der Waals surface area contributed by atoms with Crippen molar-refractivity contribution >= 4 is 21.9 Å². The lowest BCUT2D eigenvalue weighted by Gasteiger charge is -2.30. The van der Waals surface area contributed by atoms with Gasteiger partial charge in [0.25, 0.3) is 0 Å². The van der Waals surface area contributed by atoms with Gasteiger partial charge in [0.05, 0.1) is 5.56 Å². The smallest absolute Gasteiger partial charge is 0.338 e. The van der Waals surface area contributed by atoms with Crippen LogP contribution in [-0.2, 0) is 17.9 Å². The summed E-state index contributed by atoms with van der Waals surface area (Å²) < 4.78 is 6.38. The number of esters is 1. The van der Waals surface area contributed by atoms with Crippen LogP contribution in [0.15, 0.2) is 53.0 Å². The maximum atomic E-state index is 12.4. The third kappa shape index (κ3) is 5.41. The molecule has 3 rings (SSSR count). The van der Waals surface area contributed by atoms with Gasteiger partial charge in [-0.15, -0.1) is 0 Å². The highest BCUT2D eigenvalue weighted by Crippen LogP contribution is 2.22. The van der Waals surface area contributed by atoms with E-state index in [2.05, 4.69) is 33.8 Å². The quantitative estimate of drug-likeness (QED) is 0.657. The van der Waals surface area contributed by atoms with Crippen molar-refractivity contribution in [2.75, 3.05) is 13.1 Å². The molecule has 1 unspecified atom stereocenters. The van der Waals surface area contributed by atoms with Crippen molar-refractivity contribution < 1.29 is 9.53 Å². The number of halogens is 1. The molecule has 1 aliphatic heterocycles. The van der Waals surface area contributed by atoms with E-state index >= 15 is 0 Å². The zero-order valence-electron chi connectivity index (χ0n) is 14.6. The predicted octanol–water partition coefficient (Wildman–Crippen LogP) is 5.04. The summed E-state index contributed by atoms with van der Waals surface area (Å²) in [5.74, 6) is 0.467. The zero-order chi connectivity index (χ0) is 17.6. The van der Waals surface area contributed by atoms with E-state index in [4.69, 9.17) is 4.74 Å². The monoisotopic (exact) mass is 401 g/mol. The first-order chi connectivity index (χ1) is 12.1. The van der Waals surface area contributed by atoms with E-state index in [9.17, 15) is 4.79 Å². The predicted molar refractivity (Wildman–Crippen MR) is 103 cm³/mol. The molecular weight excluding hydrogens is 378 g/mol. The SMILES string of the molecule is CC1CCCN(Cc2cc(Br)cc(C(=O)OCc3ccccc3)c2)C1. The molecular formula is C21H24BrNO2. The van der Waals surface area contributed by atoms with Gasteiger partial charge in [-0.1, -0.05) is 53.2 Å². The highest BCUT2D eigenvalue weighted by Gasteiger charge is 2.17. The molecule has 0 bridgehead atoms. The standard InChI is InChI=1S/C21H24BrNO2/c1-16-6-5-9-23(13-16)14-18-10-19(12-20(22)11-18)21(24)25-15-17-7-3-2-4-8-17/h2-4,7-8,10-12,16H,5-6,9,13-15H2,1H3. The van der Waals surface area contributed by atoms with Crippen LogP contribution in [0, 0.1) is 5.92 Å². The van der Waals surface area contributed by atoms with Crippen LogP contribution < -0.4 is 0 Å². The Kier molecular flexibility index (Phi) is 6.27. The molecule has 132 valence electrons. The van der Waals surface area contributed by atoms with Crippen LogP contribution in [0.25, 0.3) is 0 Å². The van der Waals surface area contributed by atoms with Gasteiger partial charge >= 0.3 is 5.97 Å². The fraction of sp³-hybridized carbons (Fsp3) is 0.381. The fourth-order valence-electron chi connectivity index (χ4n) is 3.35. The summed E-state index contributed by atoms with van der Waals surface area (Å²) in [6.45, 7) is 5.73. The summed E-state index contributed by atoms with van der Waals surface area (Å²) in [5.41, 5.74) is 2.74. The highest BCUT2D eigenvalue weighted by molar-refractivity contribution is 9.10. The van der Waals surface area contributed by atoms with Gasteiger partial charge in [0, 0.05) is 17.6 Å². The van der Waals surface area contributed by atoms with E-state index < -0.39 is 0 Å². The summed E-state index contributed by atoms with van der Waals surface area (Å²) in [4.78, 5) is 14.9. The van der Waals surface area contributed by atoms with Crippen molar-refractivity contribution in [3.05, 3.63) is 69.7 Å². The van der Waals surface area contributed by atoms with Crippen LogP contribution in [0.5, 0.6) is 0 Å². The molecule has 1 atom stereocenters. The summed E-state index contributed by atoms with van der Waals surface area (Å²) in [7, 11) is 0. The molecule has 1 heterocycles. The van der Waals surface area contributed by atoms with Gasteiger partial charge in [0.1, 0.15) is 6.61 Å². The van der Waals surface area contributed by atoms with Gasteiger partial charge in [-0.2, -0.15) is 0 Å². The molecule has 0 spiro atoms. The van der Waals surface area contributed by atoms with Crippen molar-refractivity contribution in [1.82, 2.24) is 4.90 Å². The maximum absolute atomic E-state index is 12.4. The van der Waals surface area contributed by atoms with E-state index in [1.807, 2.05) is 42.5 Å². The van der Waals surface area contributed by atoms with Crippen molar-refractivity contribution in [1.29, 1.82) is 0 Å². The molecule has 1 aliphatic rings. The van der Waals surface area contributed by atoms with Crippen LogP contribution in [0.4, 0.5) is 0 Å². The van der Waals surface area contributed by atoms with Gasteiger partial charge in [0.2, 0.25) is 0 Å². The number of carbonyl (C=O) groups is 1. The molecule has 0 aliphatic carbocycles. The second-order valence-corrected chi connectivity index (χ2v) is 7.81. The molecule has 3 nitrogen and oxygen atoms in total. The maximum Gasteiger partial charge on any atom is 0.338 e. The molecule has 1 saturated heterocycles. The Morgan fingerprint density at radius 2 is 2.00 bits per heavy atom. The first-order valence-corrected chi connectivity index (χ1v) is 9.62. The topological polar surface area (TPSA) is 29.5 Å². The zero-order valence-corrected chi connectivity index (χ0v) is 16.2. The van der Waals surface area contributed by atoms with Crippen molar-refractivity contribution in [3.63, 3.8) is 0 Å². The van der Waals surface area contributed by atoms with Gasteiger partial charge in [0.15, 0.2) is 0 Å². The Morgan fingerprint density at radius 3 is 2.76 bits per heavy atom. The van der Waals surface area contributed by atoms with E-state index in [0.29, 0.717) is 12.2 Å². The summed E-state index contributed by atoms with van der Waals surface area (Å²) >= 11 is 3.53. The third-order valence-electron chi connectivity index (χ3n) is 4.55. The van der Waals surface area contributed by atoms with E-state index in [-0.39, 0.29) is 5.97 Å². The first-order valence-electron chi connectivity index (χ1n) is 8.83. The van der Waals surface area contributed by atoms with Crippen LogP contribution in [-0.4, -0.2) is 24.0 Å². The minimum absolute atomic E-state index is 0.279. The molecule has 0 radical (unpaired) electrons. The van der Waals surface area contributed by atoms with Crippen LogP contribution >= 0.6 is 15.9 Å². The average molecular weight is 402 g/mol. The minimum Gasteiger partial charge on any atom is -0.457 e. The number of carbonyl (C=O) groups excluding carboxylic acids is 1. The molecule has 0 saturated carbocycles. The Hall–Kier alpha value is -1.65. The molecule has 4 heteroatoms. The summed E-state index contributed by atoms with van der Waals surface area (Å²) in [6.07, 6.45) is 2.56. The number of nitrogens with zero attached hydrogens (tertiary/aromatic N) is 1. The fourth-order valence-corrected chi connectivity index (χ4v) is 3.90. The molecule has 0 aromatic heterocycles. The lowest BCUT2D eigenvalue weighted by Crippen LogP contribution is -2.33. The first kappa shape index (κ1) is 18.2. The number of rotatable bonds is 5. The van der Waals surface area contributed by atoms with E-state index in [1.165, 1.54) is 12.8 Å². The summed E-state index contributed by atoms with van der Waals surface area (Å²) in [5, 5.41) is 0. The van der Waals surface area contributed by atoms with E-state index in [0.717, 1.165) is 41.2 Å². The van der Waals surface area contributed by atoms with Crippen molar-refractivity contribution in [3.8, 4) is 0 Å². The van der Waals surface area contributed by atoms with Gasteiger partial charge in [-0.25, -0.2) is 4.79 Å². The summed E-state index contributed by atoms with van der Waals surface area (Å²) in [6, 6.07) is 15.6. The van der Waals surface area contributed by atoms with Crippen LogP contribution in [0.3, 0.4) is 0 Å². The van der Waals surface area contributed by atoms with Crippen LogP contribution in [0.2, 0.25) is 0 Å². The number of likely N-dealkylation sites (tertiary alicyclic amines) is 1. The molecule has 25 heavy (non-hydrogen) atoms. The Morgan fingerprint density at radius 1 is 1.20 bits per heavy atom. The number of hydrogen-bond donors (Lipinski definition) is 0. The number of piperidine rings is 1. The Balaban J connectivity index is 1.65. The van der Waals surface area contributed by atoms with Gasteiger partial charge in [-0.3, -0.25) is 4.90 Å². The largest absolute Gasteiger partial charge is 0.457 e. The Bertz CT molecular complexity index is 717. The highest BCUT2D eigenvalue weighted by atomic mass is 79.9. The van der Waals surface area contributed by atoms with Crippen LogP contribution in [0.1, 0.15) is 41.3 Å². The molecule has 0 amide bonds. The van der Waals surface area contributed by atoms with Crippen molar-refractivity contribution in [2.45, 2.75) is 32.9 Å². The second-order valence-electron chi connectivity index (χ2n) is 6.89. The second kappa shape index (κ2) is 8.63.